The van der Waals surface area contributed by atoms with Gasteiger partial charge in [-0.2, -0.15) is 0 Å². The molecule has 0 aromatic carbocycles. The second-order valence-corrected chi connectivity index (χ2v) is 4.87. The van der Waals surface area contributed by atoms with E-state index in [-0.39, 0.29) is 12.5 Å². The van der Waals surface area contributed by atoms with Crippen LogP contribution in [0.3, 0.4) is 0 Å². The topological polar surface area (TPSA) is 40.5 Å². The van der Waals surface area contributed by atoms with Gasteiger partial charge in [0, 0.05) is 31.5 Å². The Hall–Kier alpha value is -0.570. The average molecular weight is 227 g/mol. The largest absolute Gasteiger partial charge is 0.396 e. The lowest BCUT2D eigenvalue weighted by molar-refractivity contribution is -0.135. The third kappa shape index (κ3) is 3.48. The Morgan fingerprint density at radius 3 is 2.75 bits per heavy atom. The molecule has 0 aromatic rings. The van der Waals surface area contributed by atoms with Gasteiger partial charge in [0.05, 0.1) is 0 Å². The number of hydrogen-bond donors (Lipinski definition) is 1. The molecule has 2 atom stereocenters. The smallest absolute Gasteiger partial charge is 0.225 e. The molecule has 1 amide bonds. The molecule has 3 nitrogen and oxygen atoms in total. The maximum absolute atomic E-state index is 12.2. The van der Waals surface area contributed by atoms with Crippen molar-refractivity contribution in [3.05, 3.63) is 0 Å². The van der Waals surface area contributed by atoms with Gasteiger partial charge >= 0.3 is 0 Å². The maximum atomic E-state index is 12.2. The summed E-state index contributed by atoms with van der Waals surface area (Å²) in [6.45, 7) is 6.08. The van der Waals surface area contributed by atoms with E-state index in [1.807, 2.05) is 4.90 Å². The number of nitrogens with zero attached hydrogens (tertiary/aromatic N) is 1. The summed E-state index contributed by atoms with van der Waals surface area (Å²) in [5.74, 6) is 0.830. The summed E-state index contributed by atoms with van der Waals surface area (Å²) < 4.78 is 0. The van der Waals surface area contributed by atoms with Crippen molar-refractivity contribution in [1.82, 2.24) is 4.90 Å². The molecule has 3 heteroatoms. The molecule has 0 saturated carbocycles. The summed E-state index contributed by atoms with van der Waals surface area (Å²) in [5, 5.41) is 9.06. The van der Waals surface area contributed by atoms with E-state index in [0.29, 0.717) is 11.8 Å². The standard InChI is InChI=1S/C13H25NO2/c1-3-5-6-12(4-2)13(16)14-8-7-11(9-14)10-15/h11-12,15H,3-10H2,1-2H3/t11-,12+/m1/s1. The van der Waals surface area contributed by atoms with E-state index in [9.17, 15) is 4.79 Å². The first-order chi connectivity index (χ1) is 7.72. The van der Waals surface area contributed by atoms with Crippen molar-refractivity contribution >= 4 is 5.91 Å². The summed E-state index contributed by atoms with van der Waals surface area (Å²) in [7, 11) is 0. The Bertz CT molecular complexity index is 214. The van der Waals surface area contributed by atoms with Gasteiger partial charge < -0.3 is 10.0 Å². The summed E-state index contributed by atoms with van der Waals surface area (Å²) in [6, 6.07) is 0. The van der Waals surface area contributed by atoms with Gasteiger partial charge in [0.15, 0.2) is 0 Å². The molecule has 0 aliphatic carbocycles. The number of aliphatic hydroxyl groups excluding tert-OH is 1. The Kier molecular flexibility index (Phi) is 5.81. The molecule has 0 spiro atoms. The van der Waals surface area contributed by atoms with Crippen molar-refractivity contribution < 1.29 is 9.90 Å². The van der Waals surface area contributed by atoms with Gasteiger partial charge in [-0.1, -0.05) is 26.7 Å². The van der Waals surface area contributed by atoms with E-state index < -0.39 is 0 Å². The second-order valence-electron chi connectivity index (χ2n) is 4.87. The zero-order chi connectivity index (χ0) is 12.0. The summed E-state index contributed by atoms with van der Waals surface area (Å²) >= 11 is 0. The summed E-state index contributed by atoms with van der Waals surface area (Å²) in [5.41, 5.74) is 0. The van der Waals surface area contributed by atoms with Crippen LogP contribution in [0.2, 0.25) is 0 Å². The number of rotatable bonds is 6. The van der Waals surface area contributed by atoms with E-state index in [1.165, 1.54) is 0 Å². The quantitative estimate of drug-likeness (QED) is 0.754. The minimum atomic E-state index is 0.206. The van der Waals surface area contributed by atoms with E-state index >= 15 is 0 Å². The molecule has 0 aromatic heterocycles. The molecular weight excluding hydrogens is 202 g/mol. The van der Waals surface area contributed by atoms with Crippen LogP contribution in [0.4, 0.5) is 0 Å². The van der Waals surface area contributed by atoms with Crippen LogP contribution in [-0.4, -0.2) is 35.6 Å². The van der Waals surface area contributed by atoms with E-state index in [2.05, 4.69) is 13.8 Å². The van der Waals surface area contributed by atoms with Crippen LogP contribution in [0, 0.1) is 11.8 Å². The third-order valence-electron chi connectivity index (χ3n) is 3.60. The van der Waals surface area contributed by atoms with Crippen molar-refractivity contribution in [1.29, 1.82) is 0 Å². The van der Waals surface area contributed by atoms with Crippen molar-refractivity contribution in [3.8, 4) is 0 Å². The Morgan fingerprint density at radius 1 is 1.50 bits per heavy atom. The molecule has 1 aliphatic rings. The molecule has 0 radical (unpaired) electrons. The van der Waals surface area contributed by atoms with Crippen LogP contribution in [0.25, 0.3) is 0 Å². The molecule has 1 rings (SSSR count). The number of carbonyl (C=O) groups excluding carboxylic acids is 1. The Morgan fingerprint density at radius 2 is 2.25 bits per heavy atom. The molecule has 1 aliphatic heterocycles. The number of amides is 1. The van der Waals surface area contributed by atoms with Crippen LogP contribution in [-0.2, 0) is 4.79 Å². The van der Waals surface area contributed by atoms with Gasteiger partial charge in [-0.15, -0.1) is 0 Å². The average Bonchev–Trinajstić information content (AvgIpc) is 2.78. The van der Waals surface area contributed by atoms with E-state index in [4.69, 9.17) is 5.11 Å². The molecule has 1 heterocycles. The number of carbonyl (C=O) groups is 1. The second kappa shape index (κ2) is 6.89. The summed E-state index contributed by atoms with van der Waals surface area (Å²) in [4.78, 5) is 14.1. The zero-order valence-electron chi connectivity index (χ0n) is 10.6. The number of aliphatic hydroxyl groups is 1. The van der Waals surface area contributed by atoms with Gasteiger partial charge in [0.1, 0.15) is 0 Å². The molecular formula is C13H25NO2. The Labute approximate surface area is 98.8 Å². The summed E-state index contributed by atoms with van der Waals surface area (Å²) in [6.07, 6.45) is 5.22. The molecule has 16 heavy (non-hydrogen) atoms. The Balaban J connectivity index is 2.42. The fourth-order valence-electron chi connectivity index (χ4n) is 2.39. The first-order valence-corrected chi connectivity index (χ1v) is 6.62. The molecule has 94 valence electrons. The molecule has 1 N–H and O–H groups in total. The van der Waals surface area contributed by atoms with Crippen LogP contribution in [0.15, 0.2) is 0 Å². The van der Waals surface area contributed by atoms with Crippen molar-refractivity contribution in [2.24, 2.45) is 11.8 Å². The highest BCUT2D eigenvalue weighted by molar-refractivity contribution is 5.79. The lowest BCUT2D eigenvalue weighted by Crippen LogP contribution is -2.34. The highest BCUT2D eigenvalue weighted by Crippen LogP contribution is 2.21. The van der Waals surface area contributed by atoms with Gasteiger partial charge in [-0.05, 0) is 19.3 Å². The van der Waals surface area contributed by atoms with Gasteiger partial charge in [-0.3, -0.25) is 4.79 Å². The minimum absolute atomic E-state index is 0.206. The van der Waals surface area contributed by atoms with Crippen molar-refractivity contribution in [2.75, 3.05) is 19.7 Å². The van der Waals surface area contributed by atoms with Gasteiger partial charge in [0.25, 0.3) is 0 Å². The van der Waals surface area contributed by atoms with Crippen molar-refractivity contribution in [3.63, 3.8) is 0 Å². The van der Waals surface area contributed by atoms with E-state index in [0.717, 1.165) is 45.2 Å². The first kappa shape index (κ1) is 13.5. The number of likely N-dealkylation sites (tertiary alicyclic amines) is 1. The molecule has 1 fully saturated rings. The predicted octanol–water partition coefficient (Wildman–Crippen LogP) is 2.04. The monoisotopic (exact) mass is 227 g/mol. The van der Waals surface area contributed by atoms with Crippen LogP contribution in [0.5, 0.6) is 0 Å². The number of hydrogen-bond acceptors (Lipinski definition) is 2. The zero-order valence-corrected chi connectivity index (χ0v) is 10.6. The van der Waals surface area contributed by atoms with Crippen LogP contribution < -0.4 is 0 Å². The highest BCUT2D eigenvalue weighted by Gasteiger charge is 2.29. The predicted molar refractivity (Wildman–Crippen MR) is 65.1 cm³/mol. The molecule has 0 unspecified atom stereocenters. The van der Waals surface area contributed by atoms with Crippen LogP contribution >= 0.6 is 0 Å². The van der Waals surface area contributed by atoms with Crippen LogP contribution in [0.1, 0.15) is 46.0 Å². The lowest BCUT2D eigenvalue weighted by Gasteiger charge is -2.22. The van der Waals surface area contributed by atoms with Gasteiger partial charge in [-0.25, -0.2) is 0 Å². The normalized spacial score (nSPS) is 22.4. The first-order valence-electron chi connectivity index (χ1n) is 6.62. The minimum Gasteiger partial charge on any atom is -0.396 e. The molecule has 1 saturated heterocycles. The third-order valence-corrected chi connectivity index (χ3v) is 3.60. The van der Waals surface area contributed by atoms with Gasteiger partial charge in [0.2, 0.25) is 5.91 Å². The fraction of sp³-hybridized carbons (Fsp3) is 0.923. The number of unbranched alkanes of at least 4 members (excludes halogenated alkanes) is 1. The lowest BCUT2D eigenvalue weighted by atomic mass is 9.98. The molecule has 0 bridgehead atoms. The maximum Gasteiger partial charge on any atom is 0.225 e. The fourth-order valence-corrected chi connectivity index (χ4v) is 2.39. The highest BCUT2D eigenvalue weighted by atomic mass is 16.3. The van der Waals surface area contributed by atoms with E-state index in [1.54, 1.807) is 0 Å². The van der Waals surface area contributed by atoms with Crippen molar-refractivity contribution in [2.45, 2.75) is 46.0 Å². The SMILES string of the molecule is CCCC[C@H](CC)C(=O)N1CC[C@@H](CO)C1.